The van der Waals surface area contributed by atoms with Gasteiger partial charge in [-0.1, -0.05) is 11.1 Å². The Morgan fingerprint density at radius 3 is 1.69 bits per heavy atom. The normalized spacial score (nSPS) is 22.5. The molecular formula is C9H11F6N. The lowest BCUT2D eigenvalue weighted by molar-refractivity contribution is -0.308. The molecule has 1 rings (SSSR count). The van der Waals surface area contributed by atoms with Crippen LogP contribution in [0.5, 0.6) is 0 Å². The van der Waals surface area contributed by atoms with Crippen molar-refractivity contribution >= 4 is 0 Å². The molecule has 0 atom stereocenters. The predicted molar refractivity (Wildman–Crippen MR) is 45.8 cm³/mol. The highest BCUT2D eigenvalue weighted by Crippen LogP contribution is 2.48. The van der Waals surface area contributed by atoms with Crippen molar-refractivity contribution in [1.82, 2.24) is 5.32 Å². The molecule has 0 aromatic rings. The average molecular weight is 247 g/mol. The van der Waals surface area contributed by atoms with E-state index in [4.69, 9.17) is 0 Å². The molecule has 1 aliphatic rings. The molecule has 0 amide bonds. The standard InChI is InChI=1S/C9H11F6N/c1-5-3-7(8(10,11)12,9(13,14)15)16-4-6(5)2/h16H,3-4H2,1-2H3. The molecule has 7 heteroatoms. The van der Waals surface area contributed by atoms with Crippen LogP contribution in [0.1, 0.15) is 20.3 Å². The molecule has 1 heterocycles. The molecule has 94 valence electrons. The highest BCUT2D eigenvalue weighted by Gasteiger charge is 2.70. The molecule has 0 aromatic carbocycles. The first-order chi connectivity index (χ1) is 7.01. The van der Waals surface area contributed by atoms with Crippen LogP contribution in [0.2, 0.25) is 0 Å². The first-order valence-corrected chi connectivity index (χ1v) is 4.55. The second-order valence-corrected chi connectivity index (χ2v) is 3.99. The van der Waals surface area contributed by atoms with E-state index in [0.717, 1.165) is 0 Å². The first kappa shape index (κ1) is 13.3. The van der Waals surface area contributed by atoms with E-state index < -0.39 is 30.9 Å². The van der Waals surface area contributed by atoms with Crippen molar-refractivity contribution in [2.75, 3.05) is 6.54 Å². The van der Waals surface area contributed by atoms with Gasteiger partial charge in [0.1, 0.15) is 0 Å². The molecule has 1 aliphatic heterocycles. The van der Waals surface area contributed by atoms with E-state index in [-0.39, 0.29) is 5.57 Å². The Labute approximate surface area is 88.5 Å². The van der Waals surface area contributed by atoms with Crippen molar-refractivity contribution in [1.29, 1.82) is 0 Å². The third-order valence-corrected chi connectivity index (χ3v) is 2.88. The van der Waals surface area contributed by atoms with Crippen LogP contribution in [-0.2, 0) is 0 Å². The minimum absolute atomic E-state index is 0.133. The van der Waals surface area contributed by atoms with Crippen LogP contribution in [-0.4, -0.2) is 24.4 Å². The number of alkyl halides is 6. The monoisotopic (exact) mass is 247 g/mol. The smallest absolute Gasteiger partial charge is 0.292 e. The summed E-state index contributed by atoms with van der Waals surface area (Å²) in [6.45, 7) is 2.41. The predicted octanol–water partition coefficient (Wildman–Crippen LogP) is 3.18. The molecule has 1 N–H and O–H groups in total. The van der Waals surface area contributed by atoms with E-state index in [1.807, 2.05) is 0 Å². The van der Waals surface area contributed by atoms with Crippen LogP contribution >= 0.6 is 0 Å². The summed E-state index contributed by atoms with van der Waals surface area (Å²) in [4.78, 5) is 0. The van der Waals surface area contributed by atoms with Crippen LogP contribution in [0.4, 0.5) is 26.3 Å². The Morgan fingerprint density at radius 2 is 1.38 bits per heavy atom. The van der Waals surface area contributed by atoms with E-state index in [1.165, 1.54) is 13.8 Å². The van der Waals surface area contributed by atoms with Gasteiger partial charge in [-0.05, 0) is 13.8 Å². The molecule has 0 unspecified atom stereocenters. The van der Waals surface area contributed by atoms with Crippen LogP contribution in [0.3, 0.4) is 0 Å². The molecule has 0 spiro atoms. The Kier molecular flexibility index (Phi) is 3.04. The van der Waals surface area contributed by atoms with Gasteiger partial charge in [-0.2, -0.15) is 26.3 Å². The topological polar surface area (TPSA) is 12.0 Å². The van der Waals surface area contributed by atoms with Crippen LogP contribution in [0.25, 0.3) is 0 Å². The number of nitrogens with one attached hydrogen (secondary N) is 1. The quantitative estimate of drug-likeness (QED) is 0.512. The lowest BCUT2D eigenvalue weighted by atomic mass is 9.84. The SMILES string of the molecule is CC1=C(C)CC(C(F)(F)F)(C(F)(F)F)NC1. The van der Waals surface area contributed by atoms with Gasteiger partial charge in [0.2, 0.25) is 5.54 Å². The van der Waals surface area contributed by atoms with Crippen molar-refractivity contribution in [3.63, 3.8) is 0 Å². The Bertz CT molecular complexity index is 297. The fourth-order valence-corrected chi connectivity index (χ4v) is 1.61. The highest BCUT2D eigenvalue weighted by molar-refractivity contribution is 5.23. The van der Waals surface area contributed by atoms with E-state index in [0.29, 0.717) is 5.57 Å². The zero-order valence-electron chi connectivity index (χ0n) is 8.68. The highest BCUT2D eigenvalue weighted by atomic mass is 19.4. The van der Waals surface area contributed by atoms with Crippen molar-refractivity contribution in [3.05, 3.63) is 11.1 Å². The van der Waals surface area contributed by atoms with Crippen LogP contribution in [0, 0.1) is 0 Å². The van der Waals surface area contributed by atoms with E-state index >= 15 is 0 Å². The van der Waals surface area contributed by atoms with Gasteiger partial charge in [-0.25, -0.2) is 0 Å². The summed E-state index contributed by atoms with van der Waals surface area (Å²) in [6.07, 6.45) is -11.8. The van der Waals surface area contributed by atoms with E-state index in [1.54, 1.807) is 5.32 Å². The Hall–Kier alpha value is -0.720. The Morgan fingerprint density at radius 1 is 0.938 bits per heavy atom. The molecule has 0 fully saturated rings. The number of hydrogen-bond acceptors (Lipinski definition) is 1. The Balaban J connectivity index is 3.21. The maximum absolute atomic E-state index is 12.6. The molecule has 0 bridgehead atoms. The van der Waals surface area contributed by atoms with Gasteiger partial charge in [0, 0.05) is 13.0 Å². The lowest BCUT2D eigenvalue weighted by Gasteiger charge is -2.41. The molecule has 0 aromatic heterocycles. The van der Waals surface area contributed by atoms with Crippen LogP contribution < -0.4 is 5.32 Å². The zero-order chi connectivity index (χ0) is 12.8. The largest absolute Gasteiger partial charge is 0.415 e. The second kappa shape index (κ2) is 3.65. The van der Waals surface area contributed by atoms with Gasteiger partial charge >= 0.3 is 12.4 Å². The minimum Gasteiger partial charge on any atom is -0.292 e. The fourth-order valence-electron chi connectivity index (χ4n) is 1.61. The molecule has 0 saturated heterocycles. The molecule has 0 aliphatic carbocycles. The average Bonchev–Trinajstić information content (AvgIpc) is 2.05. The third-order valence-electron chi connectivity index (χ3n) is 2.88. The summed E-state index contributed by atoms with van der Waals surface area (Å²) >= 11 is 0. The summed E-state index contributed by atoms with van der Waals surface area (Å²) in [6, 6.07) is 0. The van der Waals surface area contributed by atoms with Gasteiger partial charge in [0.05, 0.1) is 0 Å². The van der Waals surface area contributed by atoms with E-state index in [2.05, 4.69) is 0 Å². The van der Waals surface area contributed by atoms with Crippen molar-refractivity contribution in [2.45, 2.75) is 38.2 Å². The van der Waals surface area contributed by atoms with Gasteiger partial charge in [0.25, 0.3) is 0 Å². The molecule has 1 nitrogen and oxygen atoms in total. The summed E-state index contributed by atoms with van der Waals surface area (Å²) in [5.41, 5.74) is -3.15. The summed E-state index contributed by atoms with van der Waals surface area (Å²) < 4.78 is 75.5. The fraction of sp³-hybridized carbons (Fsp3) is 0.778. The zero-order valence-corrected chi connectivity index (χ0v) is 8.68. The maximum atomic E-state index is 12.6. The van der Waals surface area contributed by atoms with Crippen molar-refractivity contribution in [3.8, 4) is 0 Å². The number of rotatable bonds is 0. The molecule has 0 saturated carbocycles. The summed E-state index contributed by atoms with van der Waals surface area (Å²) in [7, 11) is 0. The van der Waals surface area contributed by atoms with Gasteiger partial charge < -0.3 is 0 Å². The molecular weight excluding hydrogens is 236 g/mol. The third kappa shape index (κ3) is 1.92. The number of halogens is 6. The van der Waals surface area contributed by atoms with E-state index in [9.17, 15) is 26.3 Å². The van der Waals surface area contributed by atoms with Crippen molar-refractivity contribution < 1.29 is 26.3 Å². The summed E-state index contributed by atoms with van der Waals surface area (Å²) in [5.74, 6) is 0. The van der Waals surface area contributed by atoms with Crippen molar-refractivity contribution in [2.24, 2.45) is 0 Å². The first-order valence-electron chi connectivity index (χ1n) is 4.55. The van der Waals surface area contributed by atoms with Gasteiger partial charge in [0.15, 0.2) is 0 Å². The lowest BCUT2D eigenvalue weighted by Crippen LogP contribution is -2.67. The summed E-state index contributed by atoms with van der Waals surface area (Å²) in [5, 5.41) is 1.58. The van der Waals surface area contributed by atoms with Gasteiger partial charge in [-0.3, -0.25) is 5.32 Å². The molecule has 16 heavy (non-hydrogen) atoms. The minimum atomic E-state index is -5.35. The maximum Gasteiger partial charge on any atom is 0.415 e. The number of hydrogen-bond donors (Lipinski definition) is 1. The molecule has 0 radical (unpaired) electrons. The van der Waals surface area contributed by atoms with Crippen LogP contribution in [0.15, 0.2) is 11.1 Å². The second-order valence-electron chi connectivity index (χ2n) is 3.99. The van der Waals surface area contributed by atoms with Gasteiger partial charge in [-0.15, -0.1) is 0 Å².